The van der Waals surface area contributed by atoms with Gasteiger partial charge in [-0.15, -0.1) is 0 Å². The fraction of sp³-hybridized carbons (Fsp3) is 0. The molecule has 0 fully saturated rings. The average molecular weight is 213 g/mol. The van der Waals surface area contributed by atoms with E-state index in [-0.39, 0.29) is 5.78 Å². The molecule has 0 saturated heterocycles. The Balaban J connectivity index is 2.21. The van der Waals surface area contributed by atoms with E-state index in [0.29, 0.717) is 11.3 Å². The molecule has 0 spiro atoms. The van der Waals surface area contributed by atoms with Gasteiger partial charge in [-0.3, -0.25) is 10.0 Å². The van der Waals surface area contributed by atoms with Gasteiger partial charge in [0.1, 0.15) is 0 Å². The molecule has 3 heteroatoms. The van der Waals surface area contributed by atoms with Crippen LogP contribution in [0.4, 0.5) is 5.69 Å². The van der Waals surface area contributed by atoms with Crippen LogP contribution in [0.25, 0.3) is 0 Å². The smallest absolute Gasteiger partial charge is 0.187 e. The zero-order valence-corrected chi connectivity index (χ0v) is 8.58. The topological polar surface area (TPSA) is 40.5 Å². The van der Waals surface area contributed by atoms with Crippen LogP contribution in [0, 0.1) is 0 Å². The number of rotatable bonds is 2. The largest absolute Gasteiger partial charge is 0.289 e. The molecule has 2 rings (SSSR count). The summed E-state index contributed by atoms with van der Waals surface area (Å²) in [6, 6.07) is 9.00. The van der Waals surface area contributed by atoms with Gasteiger partial charge in [-0.1, -0.05) is 30.4 Å². The molecular formula is C13H11NO2. The van der Waals surface area contributed by atoms with E-state index in [1.165, 1.54) is 12.3 Å². The molecule has 16 heavy (non-hydrogen) atoms. The van der Waals surface area contributed by atoms with Gasteiger partial charge < -0.3 is 0 Å². The van der Waals surface area contributed by atoms with Gasteiger partial charge in [0.05, 0.1) is 5.69 Å². The van der Waals surface area contributed by atoms with Gasteiger partial charge in [0.15, 0.2) is 5.78 Å². The van der Waals surface area contributed by atoms with E-state index in [2.05, 4.69) is 0 Å². The highest BCUT2D eigenvalue weighted by molar-refractivity contribution is 6.07. The number of allylic oxidation sites excluding steroid dienone is 5. The Morgan fingerprint density at radius 3 is 2.44 bits per heavy atom. The van der Waals surface area contributed by atoms with Crippen LogP contribution >= 0.6 is 0 Å². The Morgan fingerprint density at radius 2 is 1.75 bits per heavy atom. The highest BCUT2D eigenvalue weighted by Crippen LogP contribution is 2.14. The van der Waals surface area contributed by atoms with Crippen LogP contribution in [-0.4, -0.2) is 11.0 Å². The van der Waals surface area contributed by atoms with Crippen molar-refractivity contribution in [3.8, 4) is 0 Å². The van der Waals surface area contributed by atoms with Crippen molar-refractivity contribution in [2.45, 2.75) is 0 Å². The van der Waals surface area contributed by atoms with Crippen LogP contribution in [0.2, 0.25) is 0 Å². The number of ketones is 1. The van der Waals surface area contributed by atoms with Gasteiger partial charge >= 0.3 is 0 Å². The fourth-order valence-electron chi connectivity index (χ4n) is 1.37. The predicted octanol–water partition coefficient (Wildman–Crippen LogP) is 2.46. The quantitative estimate of drug-likeness (QED) is 0.606. The van der Waals surface area contributed by atoms with Gasteiger partial charge in [0.25, 0.3) is 0 Å². The van der Waals surface area contributed by atoms with Crippen molar-refractivity contribution in [1.82, 2.24) is 0 Å². The molecule has 80 valence electrons. The zero-order chi connectivity index (χ0) is 11.4. The Morgan fingerprint density at radius 1 is 1.06 bits per heavy atom. The molecule has 0 aromatic heterocycles. The van der Waals surface area contributed by atoms with Crippen LogP contribution in [-0.2, 0) is 4.79 Å². The highest BCUT2D eigenvalue weighted by atomic mass is 16.5. The first-order chi connectivity index (χ1) is 7.77. The molecule has 1 aromatic rings. The standard InChI is InChI=1S/C13H11NO2/c15-13-9-5-4-6-11(13)10-14(16)12-7-2-1-3-8-12/h1-10,16H/b11-10-. The van der Waals surface area contributed by atoms with Crippen LogP contribution in [0.15, 0.2) is 66.4 Å². The Labute approximate surface area is 93.6 Å². The van der Waals surface area contributed by atoms with Crippen molar-refractivity contribution >= 4 is 11.5 Å². The molecule has 1 aliphatic carbocycles. The molecule has 0 saturated carbocycles. The summed E-state index contributed by atoms with van der Waals surface area (Å²) >= 11 is 0. The van der Waals surface area contributed by atoms with E-state index in [1.54, 1.807) is 30.4 Å². The zero-order valence-electron chi connectivity index (χ0n) is 8.58. The third-order valence-electron chi connectivity index (χ3n) is 2.20. The number of anilines is 1. The second-order valence-electron chi connectivity index (χ2n) is 3.35. The minimum atomic E-state index is -0.113. The molecule has 0 heterocycles. The number of benzene rings is 1. The third kappa shape index (κ3) is 2.27. The first kappa shape index (κ1) is 10.4. The lowest BCUT2D eigenvalue weighted by molar-refractivity contribution is -0.111. The van der Waals surface area contributed by atoms with Crippen molar-refractivity contribution in [2.24, 2.45) is 0 Å². The molecule has 0 aliphatic heterocycles. The molecule has 0 unspecified atom stereocenters. The minimum Gasteiger partial charge on any atom is -0.289 e. The summed E-state index contributed by atoms with van der Waals surface area (Å²) in [5.74, 6) is -0.113. The summed E-state index contributed by atoms with van der Waals surface area (Å²) in [5.41, 5.74) is 1.07. The van der Waals surface area contributed by atoms with Crippen LogP contribution in [0.1, 0.15) is 0 Å². The lowest BCUT2D eigenvalue weighted by Crippen LogP contribution is -2.12. The van der Waals surface area contributed by atoms with Gasteiger partial charge in [-0.05, 0) is 24.3 Å². The summed E-state index contributed by atoms with van der Waals surface area (Å²) in [6.07, 6.45) is 7.95. The van der Waals surface area contributed by atoms with Gasteiger partial charge in [0.2, 0.25) is 0 Å². The monoisotopic (exact) mass is 213 g/mol. The lowest BCUT2D eigenvalue weighted by Gasteiger charge is -2.13. The van der Waals surface area contributed by atoms with Gasteiger partial charge in [-0.25, -0.2) is 5.06 Å². The van der Waals surface area contributed by atoms with E-state index in [0.717, 1.165) is 5.06 Å². The van der Waals surface area contributed by atoms with E-state index in [1.807, 2.05) is 18.2 Å². The number of hydrogen-bond donors (Lipinski definition) is 1. The molecular weight excluding hydrogens is 202 g/mol. The first-order valence-electron chi connectivity index (χ1n) is 4.91. The minimum absolute atomic E-state index is 0.113. The lowest BCUT2D eigenvalue weighted by atomic mass is 10.1. The van der Waals surface area contributed by atoms with E-state index < -0.39 is 0 Å². The van der Waals surface area contributed by atoms with E-state index in [4.69, 9.17) is 0 Å². The SMILES string of the molecule is O=C1C=CC=C/C1=C/N(O)c1ccccc1. The number of hydrogen-bond acceptors (Lipinski definition) is 3. The number of hydroxylamine groups is 1. The van der Waals surface area contributed by atoms with Crippen molar-refractivity contribution in [1.29, 1.82) is 0 Å². The summed E-state index contributed by atoms with van der Waals surface area (Å²) in [4.78, 5) is 11.4. The summed E-state index contributed by atoms with van der Waals surface area (Å²) in [7, 11) is 0. The first-order valence-corrected chi connectivity index (χ1v) is 4.91. The normalized spacial score (nSPS) is 16.8. The third-order valence-corrected chi connectivity index (χ3v) is 2.20. The number of carbonyl (C=O) groups excluding carboxylic acids is 1. The Kier molecular flexibility index (Phi) is 2.98. The second kappa shape index (κ2) is 4.59. The van der Waals surface area contributed by atoms with Gasteiger partial charge in [-0.2, -0.15) is 0 Å². The molecule has 1 aromatic carbocycles. The van der Waals surface area contributed by atoms with Crippen molar-refractivity contribution in [2.75, 3.05) is 5.06 Å². The van der Waals surface area contributed by atoms with Crippen molar-refractivity contribution in [3.63, 3.8) is 0 Å². The maximum absolute atomic E-state index is 11.4. The molecule has 0 radical (unpaired) electrons. The molecule has 1 aliphatic rings. The Hall–Kier alpha value is -2.13. The highest BCUT2D eigenvalue weighted by Gasteiger charge is 2.07. The fourth-order valence-corrected chi connectivity index (χ4v) is 1.37. The summed E-state index contributed by atoms with van der Waals surface area (Å²) < 4.78 is 0. The number of para-hydroxylation sites is 1. The second-order valence-corrected chi connectivity index (χ2v) is 3.35. The summed E-state index contributed by atoms with van der Waals surface area (Å²) in [6.45, 7) is 0. The van der Waals surface area contributed by atoms with E-state index >= 15 is 0 Å². The molecule has 3 nitrogen and oxygen atoms in total. The summed E-state index contributed by atoms with van der Waals surface area (Å²) in [5, 5.41) is 10.7. The van der Waals surface area contributed by atoms with Crippen LogP contribution in [0.5, 0.6) is 0 Å². The maximum Gasteiger partial charge on any atom is 0.187 e. The van der Waals surface area contributed by atoms with Crippen molar-refractivity contribution in [3.05, 3.63) is 66.4 Å². The van der Waals surface area contributed by atoms with Crippen LogP contribution < -0.4 is 5.06 Å². The number of nitrogens with zero attached hydrogens (tertiary/aromatic N) is 1. The molecule has 0 bridgehead atoms. The van der Waals surface area contributed by atoms with E-state index in [9.17, 15) is 10.0 Å². The number of carbonyl (C=O) groups is 1. The molecule has 1 N–H and O–H groups in total. The maximum atomic E-state index is 11.4. The molecule has 0 atom stereocenters. The van der Waals surface area contributed by atoms with Gasteiger partial charge in [0, 0.05) is 11.8 Å². The molecule has 0 amide bonds. The van der Waals surface area contributed by atoms with Crippen LogP contribution in [0.3, 0.4) is 0 Å². The average Bonchev–Trinajstić information content (AvgIpc) is 2.33. The van der Waals surface area contributed by atoms with Crippen molar-refractivity contribution < 1.29 is 10.0 Å². The Bertz CT molecular complexity index is 472. The predicted molar refractivity (Wildman–Crippen MR) is 62.1 cm³/mol.